The number of halogens is 1. The number of benzene rings is 1. The van der Waals surface area contributed by atoms with Crippen molar-refractivity contribution >= 4 is 41.0 Å². The van der Waals surface area contributed by atoms with Crippen LogP contribution in [0, 0.1) is 6.92 Å². The lowest BCUT2D eigenvalue weighted by molar-refractivity contribution is 0.583. The SMILES string of the molecule is CCNC(=NCCCn1cccn1)NCCn1c(C)nc2ccccc21.I. The van der Waals surface area contributed by atoms with Crippen LogP contribution in [0.4, 0.5) is 0 Å². The third-order valence-corrected chi connectivity index (χ3v) is 4.19. The number of hydrogen-bond acceptors (Lipinski definition) is 3. The Labute approximate surface area is 177 Å². The van der Waals surface area contributed by atoms with Gasteiger partial charge in [0.05, 0.1) is 11.0 Å². The van der Waals surface area contributed by atoms with E-state index in [9.17, 15) is 0 Å². The zero-order valence-corrected chi connectivity index (χ0v) is 18.3. The maximum absolute atomic E-state index is 4.64. The number of hydrogen-bond donors (Lipinski definition) is 2. The topological polar surface area (TPSA) is 72.1 Å². The lowest BCUT2D eigenvalue weighted by Gasteiger charge is -2.13. The van der Waals surface area contributed by atoms with Gasteiger partial charge in [0.2, 0.25) is 0 Å². The molecule has 0 aliphatic rings. The lowest BCUT2D eigenvalue weighted by Crippen LogP contribution is -2.39. The lowest BCUT2D eigenvalue weighted by atomic mass is 10.3. The van der Waals surface area contributed by atoms with Gasteiger partial charge in [-0.25, -0.2) is 4.98 Å². The monoisotopic (exact) mass is 481 g/mol. The summed E-state index contributed by atoms with van der Waals surface area (Å²) >= 11 is 0. The highest BCUT2D eigenvalue weighted by atomic mass is 127. The summed E-state index contributed by atoms with van der Waals surface area (Å²) in [6.07, 6.45) is 4.74. The Hall–Kier alpha value is -2.10. The van der Waals surface area contributed by atoms with Crippen molar-refractivity contribution < 1.29 is 0 Å². The van der Waals surface area contributed by atoms with Crippen molar-refractivity contribution in [3.63, 3.8) is 0 Å². The van der Waals surface area contributed by atoms with Crippen molar-refractivity contribution in [2.75, 3.05) is 19.6 Å². The first kappa shape index (κ1) is 21.2. The number of nitrogens with one attached hydrogen (secondary N) is 2. The number of nitrogens with zero attached hydrogens (tertiary/aromatic N) is 5. The molecule has 27 heavy (non-hydrogen) atoms. The van der Waals surface area contributed by atoms with Gasteiger partial charge in [-0.15, -0.1) is 24.0 Å². The normalized spacial score (nSPS) is 11.4. The number of imidazole rings is 1. The molecule has 7 nitrogen and oxygen atoms in total. The number of para-hydroxylation sites is 2. The number of rotatable bonds is 8. The molecular weight excluding hydrogens is 453 g/mol. The summed E-state index contributed by atoms with van der Waals surface area (Å²) in [7, 11) is 0. The van der Waals surface area contributed by atoms with Crippen molar-refractivity contribution in [1.82, 2.24) is 30.0 Å². The summed E-state index contributed by atoms with van der Waals surface area (Å²) < 4.78 is 4.17. The minimum absolute atomic E-state index is 0. The van der Waals surface area contributed by atoms with Crippen LogP contribution in [0.25, 0.3) is 11.0 Å². The first-order chi connectivity index (χ1) is 12.8. The van der Waals surface area contributed by atoms with E-state index in [1.54, 1.807) is 6.20 Å². The maximum atomic E-state index is 4.64. The number of aliphatic imine (C=N–C) groups is 1. The van der Waals surface area contributed by atoms with Crippen LogP contribution in [0.1, 0.15) is 19.2 Å². The fourth-order valence-electron chi connectivity index (χ4n) is 2.96. The first-order valence-corrected chi connectivity index (χ1v) is 9.19. The maximum Gasteiger partial charge on any atom is 0.191 e. The van der Waals surface area contributed by atoms with Gasteiger partial charge in [0.1, 0.15) is 5.82 Å². The Morgan fingerprint density at radius 3 is 2.78 bits per heavy atom. The van der Waals surface area contributed by atoms with Gasteiger partial charge in [-0.2, -0.15) is 5.10 Å². The minimum Gasteiger partial charge on any atom is -0.357 e. The van der Waals surface area contributed by atoms with Gasteiger partial charge < -0.3 is 15.2 Å². The summed E-state index contributed by atoms with van der Waals surface area (Å²) in [5, 5.41) is 10.9. The van der Waals surface area contributed by atoms with Gasteiger partial charge in [0.25, 0.3) is 0 Å². The standard InChI is InChI=1S/C19H27N7.HI/c1-3-20-19(21-10-6-13-25-14-7-11-23-25)22-12-15-26-16(2)24-17-8-4-5-9-18(17)26;/h4-5,7-9,11,14H,3,6,10,12-13,15H2,1-2H3,(H2,20,21,22);1H. The van der Waals surface area contributed by atoms with Crippen molar-refractivity contribution in [3.05, 3.63) is 48.5 Å². The fraction of sp³-hybridized carbons (Fsp3) is 0.421. The van der Waals surface area contributed by atoms with E-state index < -0.39 is 0 Å². The van der Waals surface area contributed by atoms with E-state index in [1.165, 1.54) is 5.52 Å². The third-order valence-electron chi connectivity index (χ3n) is 4.19. The van der Waals surface area contributed by atoms with Crippen LogP contribution in [0.2, 0.25) is 0 Å². The predicted molar refractivity (Wildman–Crippen MR) is 121 cm³/mol. The van der Waals surface area contributed by atoms with Gasteiger partial charge in [-0.05, 0) is 38.5 Å². The Morgan fingerprint density at radius 2 is 2.00 bits per heavy atom. The van der Waals surface area contributed by atoms with Gasteiger partial charge in [0, 0.05) is 45.1 Å². The van der Waals surface area contributed by atoms with E-state index in [1.807, 2.05) is 23.0 Å². The second kappa shape index (κ2) is 10.9. The number of fused-ring (bicyclic) bond motifs is 1. The summed E-state index contributed by atoms with van der Waals surface area (Å²) in [5.41, 5.74) is 2.22. The molecule has 0 saturated heterocycles. The summed E-state index contributed by atoms with van der Waals surface area (Å²) in [5.74, 6) is 1.89. The molecule has 2 heterocycles. The van der Waals surface area contributed by atoms with E-state index >= 15 is 0 Å². The van der Waals surface area contributed by atoms with Gasteiger partial charge in [0.15, 0.2) is 5.96 Å². The van der Waals surface area contributed by atoms with Crippen LogP contribution in [0.3, 0.4) is 0 Å². The van der Waals surface area contributed by atoms with Crippen LogP contribution in [-0.4, -0.2) is 44.9 Å². The molecule has 0 saturated carbocycles. The average Bonchev–Trinajstić information content (AvgIpc) is 3.26. The van der Waals surface area contributed by atoms with Crippen LogP contribution in [0.5, 0.6) is 0 Å². The Kier molecular flexibility index (Phi) is 8.56. The van der Waals surface area contributed by atoms with E-state index in [4.69, 9.17) is 0 Å². The molecule has 0 aliphatic carbocycles. The number of aryl methyl sites for hydroxylation is 2. The van der Waals surface area contributed by atoms with E-state index in [2.05, 4.69) is 62.3 Å². The largest absolute Gasteiger partial charge is 0.357 e. The summed E-state index contributed by atoms with van der Waals surface area (Å²) in [6.45, 7) is 8.27. The summed E-state index contributed by atoms with van der Waals surface area (Å²) in [6, 6.07) is 10.2. The zero-order valence-electron chi connectivity index (χ0n) is 15.9. The Bertz CT molecular complexity index is 839. The molecule has 1 aromatic carbocycles. The Morgan fingerprint density at radius 1 is 1.15 bits per heavy atom. The van der Waals surface area contributed by atoms with E-state index in [0.29, 0.717) is 0 Å². The molecule has 0 spiro atoms. The molecule has 0 unspecified atom stereocenters. The number of guanidine groups is 1. The Balaban J connectivity index is 0.00000261. The van der Waals surface area contributed by atoms with Crippen LogP contribution in [0.15, 0.2) is 47.7 Å². The first-order valence-electron chi connectivity index (χ1n) is 9.19. The van der Waals surface area contributed by atoms with Crippen LogP contribution in [-0.2, 0) is 13.1 Å². The highest BCUT2D eigenvalue weighted by Gasteiger charge is 2.06. The second-order valence-electron chi connectivity index (χ2n) is 6.11. The highest BCUT2D eigenvalue weighted by molar-refractivity contribution is 14.0. The smallest absolute Gasteiger partial charge is 0.191 e. The summed E-state index contributed by atoms with van der Waals surface area (Å²) in [4.78, 5) is 9.26. The van der Waals surface area contributed by atoms with Crippen molar-refractivity contribution in [1.29, 1.82) is 0 Å². The van der Waals surface area contributed by atoms with Crippen LogP contribution < -0.4 is 10.6 Å². The third kappa shape index (κ3) is 5.95. The highest BCUT2D eigenvalue weighted by Crippen LogP contribution is 2.14. The molecule has 2 aromatic heterocycles. The molecular formula is C19H28IN7. The molecule has 0 bridgehead atoms. The van der Waals surface area contributed by atoms with Crippen molar-refractivity contribution in [2.24, 2.45) is 4.99 Å². The molecule has 0 fully saturated rings. The molecule has 0 aliphatic heterocycles. The molecule has 146 valence electrons. The quantitative estimate of drug-likeness (QED) is 0.225. The van der Waals surface area contributed by atoms with Gasteiger partial charge in [-0.1, -0.05) is 12.1 Å². The van der Waals surface area contributed by atoms with Crippen molar-refractivity contribution in [3.8, 4) is 0 Å². The molecule has 2 N–H and O–H groups in total. The number of aromatic nitrogens is 4. The zero-order chi connectivity index (χ0) is 18.2. The molecule has 3 aromatic rings. The molecule has 8 heteroatoms. The molecule has 0 amide bonds. The average molecular weight is 481 g/mol. The van der Waals surface area contributed by atoms with Gasteiger partial charge >= 0.3 is 0 Å². The minimum atomic E-state index is 0. The van der Waals surface area contributed by atoms with E-state index in [-0.39, 0.29) is 24.0 Å². The van der Waals surface area contributed by atoms with Gasteiger partial charge in [-0.3, -0.25) is 9.67 Å². The fourth-order valence-corrected chi connectivity index (χ4v) is 2.96. The molecule has 0 radical (unpaired) electrons. The second-order valence-corrected chi connectivity index (χ2v) is 6.11. The van der Waals surface area contributed by atoms with Crippen LogP contribution >= 0.6 is 24.0 Å². The van der Waals surface area contributed by atoms with Crippen molar-refractivity contribution in [2.45, 2.75) is 33.4 Å². The molecule has 0 atom stereocenters. The van der Waals surface area contributed by atoms with E-state index in [0.717, 1.165) is 56.4 Å². The predicted octanol–water partition coefficient (Wildman–Crippen LogP) is 2.80. The molecule has 3 rings (SSSR count).